The van der Waals surface area contributed by atoms with Crippen molar-refractivity contribution in [2.24, 2.45) is 0 Å². The predicted molar refractivity (Wildman–Crippen MR) is 66.3 cm³/mol. The molecule has 1 nitrogen and oxygen atoms in total. The number of hydrogen-bond acceptors (Lipinski definition) is 1. The van der Waals surface area contributed by atoms with Gasteiger partial charge in [0.1, 0.15) is 10.8 Å². The molecule has 0 saturated heterocycles. The van der Waals surface area contributed by atoms with Crippen LogP contribution in [0.5, 0.6) is 5.75 Å². The number of hydrogen-bond donors (Lipinski definition) is 0. The van der Waals surface area contributed by atoms with E-state index in [-0.39, 0.29) is 5.41 Å². The Morgan fingerprint density at radius 1 is 1.13 bits per heavy atom. The van der Waals surface area contributed by atoms with Crippen molar-refractivity contribution in [1.29, 1.82) is 0 Å². The lowest BCUT2D eigenvalue weighted by Gasteiger charge is -2.22. The molecule has 0 saturated carbocycles. The molecule has 0 spiro atoms. The van der Waals surface area contributed by atoms with Crippen LogP contribution in [0.15, 0.2) is 12.1 Å². The van der Waals surface area contributed by atoms with Crippen molar-refractivity contribution in [3.8, 4) is 5.75 Å². The van der Waals surface area contributed by atoms with Gasteiger partial charge in [-0.25, -0.2) is 0 Å². The van der Waals surface area contributed by atoms with Crippen molar-refractivity contribution < 1.29 is 4.74 Å². The van der Waals surface area contributed by atoms with E-state index < -0.39 is 0 Å². The first kappa shape index (κ1) is 12.7. The predicted octanol–water partition coefficient (Wildman–Crippen LogP) is 4.69. The quantitative estimate of drug-likeness (QED) is 0.736. The van der Waals surface area contributed by atoms with Crippen molar-refractivity contribution in [2.75, 3.05) is 6.61 Å². The second-order valence-electron chi connectivity index (χ2n) is 4.42. The topological polar surface area (TPSA) is 9.23 Å². The molecule has 0 fully saturated rings. The maximum Gasteiger partial charge on any atom is 0.139 e. The normalized spacial score (nSPS) is 11.6. The second-order valence-corrected chi connectivity index (χ2v) is 5.18. The number of halogens is 2. The zero-order valence-corrected chi connectivity index (χ0v) is 11.0. The molecule has 0 N–H and O–H groups in total. The van der Waals surface area contributed by atoms with Crippen LogP contribution in [0.4, 0.5) is 0 Å². The zero-order chi connectivity index (χ0) is 11.6. The standard InChI is InChI=1S/C12H16Cl2O/c1-5-15-9-7-6-8(12(2,3)4)10(13)11(9)14/h6-7H,5H2,1-4H3. The van der Waals surface area contributed by atoms with E-state index in [0.717, 1.165) is 5.56 Å². The lowest BCUT2D eigenvalue weighted by molar-refractivity contribution is 0.340. The molecule has 1 aromatic rings. The summed E-state index contributed by atoms with van der Waals surface area (Å²) in [4.78, 5) is 0. The average molecular weight is 247 g/mol. The van der Waals surface area contributed by atoms with Crippen LogP contribution in [-0.2, 0) is 5.41 Å². The van der Waals surface area contributed by atoms with Gasteiger partial charge in [-0.15, -0.1) is 0 Å². The van der Waals surface area contributed by atoms with Crippen LogP contribution in [0.1, 0.15) is 33.3 Å². The third-order valence-electron chi connectivity index (χ3n) is 2.15. The lowest BCUT2D eigenvalue weighted by atomic mass is 9.87. The molecule has 0 atom stereocenters. The van der Waals surface area contributed by atoms with Crippen molar-refractivity contribution in [3.05, 3.63) is 27.7 Å². The maximum absolute atomic E-state index is 6.21. The highest BCUT2D eigenvalue weighted by atomic mass is 35.5. The molecule has 0 aromatic heterocycles. The van der Waals surface area contributed by atoms with Crippen LogP contribution in [0.25, 0.3) is 0 Å². The fourth-order valence-electron chi connectivity index (χ4n) is 1.38. The van der Waals surface area contributed by atoms with E-state index in [1.165, 1.54) is 0 Å². The first-order chi connectivity index (χ1) is 6.88. The van der Waals surface area contributed by atoms with Gasteiger partial charge in [-0.3, -0.25) is 0 Å². The van der Waals surface area contributed by atoms with Gasteiger partial charge in [0, 0.05) is 0 Å². The minimum Gasteiger partial charge on any atom is -0.492 e. The van der Waals surface area contributed by atoms with Crippen LogP contribution in [0.2, 0.25) is 10.0 Å². The van der Waals surface area contributed by atoms with Crippen LogP contribution in [0, 0.1) is 0 Å². The lowest BCUT2D eigenvalue weighted by Crippen LogP contribution is -2.12. The Morgan fingerprint density at radius 3 is 2.20 bits per heavy atom. The molecular formula is C12H16Cl2O. The number of ether oxygens (including phenoxy) is 1. The highest BCUT2D eigenvalue weighted by Crippen LogP contribution is 2.39. The molecule has 0 aliphatic carbocycles. The summed E-state index contributed by atoms with van der Waals surface area (Å²) in [6.45, 7) is 8.81. The van der Waals surface area contributed by atoms with E-state index in [1.54, 1.807) is 0 Å². The molecule has 0 bridgehead atoms. The molecule has 0 aliphatic rings. The fourth-order valence-corrected chi connectivity index (χ4v) is 2.04. The molecule has 0 radical (unpaired) electrons. The van der Waals surface area contributed by atoms with Crippen LogP contribution < -0.4 is 4.74 Å². The number of rotatable bonds is 2. The van der Waals surface area contributed by atoms with Gasteiger partial charge in [-0.2, -0.15) is 0 Å². The monoisotopic (exact) mass is 246 g/mol. The summed E-state index contributed by atoms with van der Waals surface area (Å²) in [5, 5.41) is 1.10. The minimum atomic E-state index is -0.00846. The second kappa shape index (κ2) is 4.63. The summed E-state index contributed by atoms with van der Waals surface area (Å²) in [7, 11) is 0. The van der Waals surface area contributed by atoms with Crippen molar-refractivity contribution in [3.63, 3.8) is 0 Å². The van der Waals surface area contributed by atoms with Gasteiger partial charge in [0.2, 0.25) is 0 Å². The largest absolute Gasteiger partial charge is 0.492 e. The molecule has 84 valence electrons. The van der Waals surface area contributed by atoms with Crippen LogP contribution in [-0.4, -0.2) is 6.61 Å². The summed E-state index contributed by atoms with van der Waals surface area (Å²) in [6.07, 6.45) is 0. The van der Waals surface area contributed by atoms with Gasteiger partial charge in [0.15, 0.2) is 0 Å². The maximum atomic E-state index is 6.21. The molecule has 3 heteroatoms. The summed E-state index contributed by atoms with van der Waals surface area (Å²) >= 11 is 12.3. The van der Waals surface area contributed by atoms with Gasteiger partial charge in [-0.1, -0.05) is 50.0 Å². The molecule has 15 heavy (non-hydrogen) atoms. The molecule has 0 amide bonds. The molecule has 0 heterocycles. The van der Waals surface area contributed by atoms with Crippen molar-refractivity contribution in [2.45, 2.75) is 33.1 Å². The molecule has 0 unspecified atom stereocenters. The van der Waals surface area contributed by atoms with E-state index >= 15 is 0 Å². The van der Waals surface area contributed by atoms with Crippen molar-refractivity contribution in [1.82, 2.24) is 0 Å². The van der Waals surface area contributed by atoms with E-state index in [9.17, 15) is 0 Å². The highest BCUT2D eigenvalue weighted by molar-refractivity contribution is 6.43. The fraction of sp³-hybridized carbons (Fsp3) is 0.500. The Morgan fingerprint density at radius 2 is 1.73 bits per heavy atom. The smallest absolute Gasteiger partial charge is 0.139 e. The third kappa shape index (κ3) is 2.79. The van der Waals surface area contributed by atoms with Gasteiger partial charge in [0.25, 0.3) is 0 Å². The van der Waals surface area contributed by atoms with Gasteiger partial charge >= 0.3 is 0 Å². The first-order valence-electron chi connectivity index (χ1n) is 4.99. The summed E-state index contributed by atoms with van der Waals surface area (Å²) < 4.78 is 5.37. The first-order valence-corrected chi connectivity index (χ1v) is 5.74. The van der Waals surface area contributed by atoms with E-state index in [4.69, 9.17) is 27.9 Å². The van der Waals surface area contributed by atoms with E-state index in [2.05, 4.69) is 20.8 Å². The van der Waals surface area contributed by atoms with Gasteiger partial charge < -0.3 is 4.74 Å². The van der Waals surface area contributed by atoms with Crippen molar-refractivity contribution >= 4 is 23.2 Å². The average Bonchev–Trinajstić information content (AvgIpc) is 2.11. The van der Waals surface area contributed by atoms with Gasteiger partial charge in [-0.05, 0) is 24.0 Å². The molecule has 0 aliphatic heterocycles. The number of benzene rings is 1. The molecule has 1 rings (SSSR count). The summed E-state index contributed by atoms with van der Waals surface area (Å²) in [6, 6.07) is 3.84. The van der Waals surface area contributed by atoms with Gasteiger partial charge in [0.05, 0.1) is 11.6 Å². The summed E-state index contributed by atoms with van der Waals surface area (Å²) in [5.41, 5.74) is 1.03. The Balaban J connectivity index is 3.21. The molecular weight excluding hydrogens is 231 g/mol. The SMILES string of the molecule is CCOc1ccc(C(C)(C)C)c(Cl)c1Cl. The van der Waals surface area contributed by atoms with Crippen LogP contribution in [0.3, 0.4) is 0 Å². The van der Waals surface area contributed by atoms with Crippen LogP contribution >= 0.6 is 23.2 Å². The Hall–Kier alpha value is -0.400. The zero-order valence-electron chi connectivity index (χ0n) is 9.53. The highest BCUT2D eigenvalue weighted by Gasteiger charge is 2.20. The Bertz CT molecular complexity index is 353. The minimum absolute atomic E-state index is 0.00846. The Labute approximate surface area is 101 Å². The third-order valence-corrected chi connectivity index (χ3v) is 3.02. The summed E-state index contributed by atoms with van der Waals surface area (Å²) in [5.74, 6) is 0.650. The molecule has 1 aromatic carbocycles. The van der Waals surface area contributed by atoms with E-state index in [0.29, 0.717) is 22.4 Å². The van der Waals surface area contributed by atoms with E-state index in [1.807, 2.05) is 19.1 Å². The Kier molecular flexibility index (Phi) is 3.91.